The lowest BCUT2D eigenvalue weighted by atomic mass is 10.1. The highest BCUT2D eigenvalue weighted by atomic mass is 16.5. The predicted molar refractivity (Wildman–Crippen MR) is 170 cm³/mol. The molecule has 0 saturated heterocycles. The zero-order chi connectivity index (χ0) is 27.4. The first-order valence-electron chi connectivity index (χ1n) is 16.3. The molecule has 0 atom stereocenters. The number of unbranched alkanes of at least 4 members (excludes halogenated alkanes) is 16. The number of hydrogen-bond donors (Lipinski definition) is 2. The van der Waals surface area contributed by atoms with E-state index in [1.807, 2.05) is 12.3 Å². The van der Waals surface area contributed by atoms with Gasteiger partial charge in [0.1, 0.15) is 5.75 Å². The number of H-pyrrole nitrogens is 2. The summed E-state index contributed by atoms with van der Waals surface area (Å²) in [4.78, 5) is 11.8. The predicted octanol–water partition coefficient (Wildman–Crippen LogP) is 11.2. The van der Waals surface area contributed by atoms with Crippen LogP contribution in [0.15, 0.2) is 47.2 Å². The van der Waals surface area contributed by atoms with Crippen LogP contribution in [0.25, 0.3) is 17.5 Å². The molecule has 0 unspecified atom stereocenters. The van der Waals surface area contributed by atoms with E-state index in [0.717, 1.165) is 48.0 Å². The number of hydrogen-bond acceptors (Lipinski definition) is 2. The van der Waals surface area contributed by atoms with E-state index >= 15 is 0 Å². The Bertz CT molecular complexity index is 980. The number of allylic oxidation sites excluding steroid dienone is 2. The molecule has 39 heavy (non-hydrogen) atoms. The van der Waals surface area contributed by atoms with Gasteiger partial charge in [-0.2, -0.15) is 0 Å². The van der Waals surface area contributed by atoms with Crippen LogP contribution in [0.1, 0.15) is 142 Å². The summed E-state index contributed by atoms with van der Waals surface area (Å²) in [7, 11) is 0. The van der Waals surface area contributed by atoms with E-state index in [2.05, 4.69) is 54.2 Å². The smallest absolute Gasteiger partial charge is 0.144 e. The lowest BCUT2D eigenvalue weighted by Crippen LogP contribution is -1.97. The Morgan fingerprint density at radius 3 is 1.95 bits per heavy atom. The molecule has 2 N–H and O–H groups in total. The largest absolute Gasteiger partial charge is 0.491 e. The molecule has 4 nitrogen and oxygen atoms in total. The Morgan fingerprint density at radius 2 is 1.33 bits per heavy atom. The lowest BCUT2D eigenvalue weighted by Gasteiger charge is -2.06. The molecule has 4 heteroatoms. The van der Waals surface area contributed by atoms with Gasteiger partial charge in [-0.3, -0.25) is 4.99 Å². The Balaban J connectivity index is 1.43. The minimum atomic E-state index is 0.761. The van der Waals surface area contributed by atoms with Crippen LogP contribution >= 0.6 is 0 Å². The number of aromatic amines is 2. The van der Waals surface area contributed by atoms with Crippen LogP contribution in [-0.2, 0) is 0 Å². The van der Waals surface area contributed by atoms with Gasteiger partial charge in [-0.1, -0.05) is 117 Å². The molecule has 0 fully saturated rings. The molecule has 0 amide bonds. The van der Waals surface area contributed by atoms with Crippen molar-refractivity contribution in [3.05, 3.63) is 47.9 Å². The van der Waals surface area contributed by atoms with E-state index < -0.39 is 0 Å². The third-order valence-corrected chi connectivity index (χ3v) is 7.75. The maximum Gasteiger partial charge on any atom is 0.144 e. The number of nitrogens with one attached hydrogen (secondary N) is 2. The van der Waals surface area contributed by atoms with Crippen molar-refractivity contribution in [3.8, 4) is 17.1 Å². The fourth-order valence-electron chi connectivity index (χ4n) is 5.32. The Hall–Kier alpha value is -2.49. The zero-order valence-corrected chi connectivity index (χ0v) is 25.0. The number of nitrogens with zero attached hydrogens (tertiary/aromatic N) is 1. The second kappa shape index (κ2) is 19.6. The molecule has 0 spiro atoms. The maximum atomic E-state index is 6.28. The van der Waals surface area contributed by atoms with Crippen molar-refractivity contribution < 1.29 is 4.74 Å². The van der Waals surface area contributed by atoms with Gasteiger partial charge in [0.15, 0.2) is 0 Å². The average Bonchev–Trinajstić information content (AvgIpc) is 3.71. The molecular formula is C35H55N3O. The lowest BCUT2D eigenvalue weighted by molar-refractivity contribution is 0.304. The summed E-state index contributed by atoms with van der Waals surface area (Å²) < 4.78 is 6.28. The van der Waals surface area contributed by atoms with Crippen LogP contribution in [0.4, 0.5) is 0 Å². The van der Waals surface area contributed by atoms with Crippen LogP contribution in [0.3, 0.4) is 0 Å². The molecule has 2 aromatic rings. The van der Waals surface area contributed by atoms with Gasteiger partial charge < -0.3 is 14.7 Å². The summed E-state index contributed by atoms with van der Waals surface area (Å²) in [6.45, 7) is 5.32. The van der Waals surface area contributed by atoms with Crippen LogP contribution in [0.2, 0.25) is 0 Å². The van der Waals surface area contributed by atoms with Crippen molar-refractivity contribution in [3.63, 3.8) is 0 Å². The van der Waals surface area contributed by atoms with Crippen molar-refractivity contribution in [2.24, 2.45) is 4.99 Å². The normalized spacial score (nSPS) is 14.0. The van der Waals surface area contributed by atoms with Gasteiger partial charge in [-0.05, 0) is 49.6 Å². The molecule has 0 saturated carbocycles. The molecule has 0 bridgehead atoms. The second-order valence-corrected chi connectivity index (χ2v) is 11.3. The summed E-state index contributed by atoms with van der Waals surface area (Å²) in [5.74, 6) is 0.919. The average molecular weight is 534 g/mol. The number of aromatic nitrogens is 2. The molecule has 3 heterocycles. The molecule has 216 valence electrons. The van der Waals surface area contributed by atoms with Crippen LogP contribution < -0.4 is 4.74 Å². The molecule has 1 aliphatic rings. The first-order chi connectivity index (χ1) is 19.3. The fourth-order valence-corrected chi connectivity index (χ4v) is 5.32. The highest BCUT2D eigenvalue weighted by Gasteiger charge is 2.12. The molecule has 0 radical (unpaired) electrons. The Morgan fingerprint density at radius 1 is 0.718 bits per heavy atom. The van der Waals surface area contributed by atoms with Gasteiger partial charge in [0.25, 0.3) is 0 Å². The van der Waals surface area contributed by atoms with Crippen molar-refractivity contribution >= 4 is 11.8 Å². The minimum absolute atomic E-state index is 0.761. The summed E-state index contributed by atoms with van der Waals surface area (Å²) >= 11 is 0. The van der Waals surface area contributed by atoms with Gasteiger partial charge in [-0.15, -0.1) is 0 Å². The highest BCUT2D eigenvalue weighted by Crippen LogP contribution is 2.30. The van der Waals surface area contributed by atoms with E-state index in [1.165, 1.54) is 115 Å². The van der Waals surface area contributed by atoms with Crippen LogP contribution in [-0.4, -0.2) is 22.3 Å². The minimum Gasteiger partial charge on any atom is -0.491 e. The van der Waals surface area contributed by atoms with Gasteiger partial charge in [0.05, 0.1) is 29.4 Å². The van der Waals surface area contributed by atoms with Crippen LogP contribution in [0, 0.1) is 0 Å². The molecular weight excluding hydrogens is 478 g/mol. The molecule has 1 aliphatic heterocycles. The van der Waals surface area contributed by atoms with E-state index in [-0.39, 0.29) is 0 Å². The highest BCUT2D eigenvalue weighted by molar-refractivity contribution is 5.99. The van der Waals surface area contributed by atoms with Gasteiger partial charge in [0.2, 0.25) is 0 Å². The number of rotatable bonds is 23. The third-order valence-electron chi connectivity index (χ3n) is 7.75. The summed E-state index contributed by atoms with van der Waals surface area (Å²) in [5, 5.41) is 0. The van der Waals surface area contributed by atoms with Crippen molar-refractivity contribution in [2.75, 3.05) is 6.61 Å². The first kappa shape index (κ1) is 31.0. The summed E-state index contributed by atoms with van der Waals surface area (Å²) in [5.41, 5.74) is 5.34. The van der Waals surface area contributed by atoms with Gasteiger partial charge >= 0.3 is 0 Å². The standard InChI is InChI=1S/C35H55N3O/c1-3-5-7-9-11-13-15-17-19-22-30-24-25-31(37-30)28-34-35(29-33(38-34)32-23-21-26-36-32)39-27-20-18-16-14-12-10-8-6-4-2/h21,23-26,28-29,36,38H,3-20,22,27H2,1-2H3. The molecule has 2 aromatic heterocycles. The van der Waals surface area contributed by atoms with Crippen molar-refractivity contribution in [1.82, 2.24) is 9.97 Å². The van der Waals surface area contributed by atoms with E-state index in [1.54, 1.807) is 0 Å². The topological polar surface area (TPSA) is 53.2 Å². The van der Waals surface area contributed by atoms with Crippen molar-refractivity contribution in [2.45, 2.75) is 136 Å². The number of ether oxygens (including phenoxy) is 1. The van der Waals surface area contributed by atoms with Crippen molar-refractivity contribution in [1.29, 1.82) is 0 Å². The third kappa shape index (κ3) is 12.5. The Labute approximate surface area is 238 Å². The SMILES string of the molecule is CCCCCCCCCCCOc1cc(-c2ccc[nH]2)[nH]c1C=C1C=CC(CCCCCCCCCCC)=N1. The van der Waals surface area contributed by atoms with E-state index in [0.29, 0.717) is 0 Å². The van der Waals surface area contributed by atoms with E-state index in [4.69, 9.17) is 9.73 Å². The molecule has 0 aromatic carbocycles. The molecule has 0 aliphatic carbocycles. The monoisotopic (exact) mass is 533 g/mol. The second-order valence-electron chi connectivity index (χ2n) is 11.3. The maximum absolute atomic E-state index is 6.28. The summed E-state index contributed by atoms with van der Waals surface area (Å²) in [6.07, 6.45) is 33.6. The first-order valence-corrected chi connectivity index (χ1v) is 16.3. The molecule has 3 rings (SSSR count). The quantitative estimate of drug-likeness (QED) is 0.137. The van der Waals surface area contributed by atoms with Gasteiger partial charge in [-0.25, -0.2) is 0 Å². The summed E-state index contributed by atoms with van der Waals surface area (Å²) in [6, 6.07) is 6.24. The number of aliphatic imine (C=N–C) groups is 1. The van der Waals surface area contributed by atoms with Crippen LogP contribution in [0.5, 0.6) is 5.75 Å². The Kier molecular flexibility index (Phi) is 15.6. The van der Waals surface area contributed by atoms with E-state index in [9.17, 15) is 0 Å². The fraction of sp³-hybridized carbons (Fsp3) is 0.629. The van der Waals surface area contributed by atoms with Gasteiger partial charge in [0, 0.05) is 18.0 Å². The zero-order valence-electron chi connectivity index (χ0n) is 25.0.